The van der Waals surface area contributed by atoms with Gasteiger partial charge in [-0.2, -0.15) is 0 Å². The van der Waals surface area contributed by atoms with Crippen molar-refractivity contribution < 1.29 is 14.3 Å². The summed E-state index contributed by atoms with van der Waals surface area (Å²) in [5, 5.41) is 11.5. The topological polar surface area (TPSA) is 50.2 Å². The normalized spacial score (nSPS) is 11.0. The Morgan fingerprint density at radius 3 is 2.71 bits per heavy atom. The number of benzene rings is 1. The predicted molar refractivity (Wildman–Crippen MR) is 81.7 cm³/mol. The minimum absolute atomic E-state index is 0.0277. The van der Waals surface area contributed by atoms with E-state index in [4.69, 9.17) is 11.6 Å². The van der Waals surface area contributed by atoms with Crippen LogP contribution in [0.2, 0.25) is 4.34 Å². The molecule has 0 aliphatic carbocycles. The molecule has 6 heteroatoms. The molecule has 0 atom stereocenters. The fraction of sp³-hybridized carbons (Fsp3) is 0.0667. The SMILES string of the molecule is Cc1cc(F)cc2c(C(=O)O)cc(-c3csc(Cl)c3)nc12. The predicted octanol–water partition coefficient (Wildman–Crippen LogP) is 4.76. The summed E-state index contributed by atoms with van der Waals surface area (Å²) in [6, 6.07) is 5.71. The molecule has 1 N–H and O–H groups in total. The van der Waals surface area contributed by atoms with Crippen LogP contribution >= 0.6 is 22.9 Å². The number of carboxylic acid groups (broad SMARTS) is 1. The summed E-state index contributed by atoms with van der Waals surface area (Å²) >= 11 is 7.25. The van der Waals surface area contributed by atoms with Crippen LogP contribution in [0.4, 0.5) is 4.39 Å². The first-order chi connectivity index (χ1) is 9.95. The molecule has 0 amide bonds. The highest BCUT2D eigenvalue weighted by molar-refractivity contribution is 7.14. The van der Waals surface area contributed by atoms with Gasteiger partial charge in [0.05, 0.1) is 21.1 Å². The quantitative estimate of drug-likeness (QED) is 0.740. The molecule has 3 aromatic rings. The van der Waals surface area contributed by atoms with Crippen LogP contribution in [0.3, 0.4) is 0 Å². The van der Waals surface area contributed by atoms with Crippen molar-refractivity contribution in [2.24, 2.45) is 0 Å². The number of aromatic carboxylic acids is 1. The van der Waals surface area contributed by atoms with Crippen LogP contribution in [-0.2, 0) is 0 Å². The second kappa shape index (κ2) is 5.09. The van der Waals surface area contributed by atoms with Crippen LogP contribution in [0.15, 0.2) is 29.6 Å². The first-order valence-electron chi connectivity index (χ1n) is 6.04. The largest absolute Gasteiger partial charge is 0.478 e. The number of aryl methyl sites for hydroxylation is 1. The molecule has 0 bridgehead atoms. The molecular weight excluding hydrogens is 313 g/mol. The van der Waals surface area contributed by atoms with Gasteiger partial charge in [0, 0.05) is 16.3 Å². The molecule has 106 valence electrons. The molecule has 1 aromatic carbocycles. The lowest BCUT2D eigenvalue weighted by Gasteiger charge is -2.08. The van der Waals surface area contributed by atoms with Crippen LogP contribution < -0.4 is 0 Å². The van der Waals surface area contributed by atoms with Gasteiger partial charge in [0.2, 0.25) is 0 Å². The Morgan fingerprint density at radius 1 is 1.33 bits per heavy atom. The van der Waals surface area contributed by atoms with Gasteiger partial charge in [-0.3, -0.25) is 0 Å². The molecule has 0 aliphatic heterocycles. The van der Waals surface area contributed by atoms with E-state index in [2.05, 4.69) is 4.98 Å². The standard InChI is InChI=1S/C15H9ClFNO2S/c1-7-2-9(17)4-10-11(15(19)20)5-12(18-14(7)10)8-3-13(16)21-6-8/h2-6H,1H3,(H,19,20). The molecule has 21 heavy (non-hydrogen) atoms. The lowest BCUT2D eigenvalue weighted by atomic mass is 10.0. The maximum Gasteiger partial charge on any atom is 0.336 e. The van der Waals surface area contributed by atoms with Gasteiger partial charge in [0.1, 0.15) is 5.82 Å². The molecule has 2 heterocycles. The molecule has 3 nitrogen and oxygen atoms in total. The molecule has 0 fully saturated rings. The van der Waals surface area contributed by atoms with Crippen molar-refractivity contribution in [3.63, 3.8) is 0 Å². The highest BCUT2D eigenvalue weighted by Gasteiger charge is 2.16. The van der Waals surface area contributed by atoms with Crippen LogP contribution in [0.5, 0.6) is 0 Å². The Hall–Kier alpha value is -1.98. The number of carbonyl (C=O) groups is 1. The molecular formula is C15H9ClFNO2S. The minimum Gasteiger partial charge on any atom is -0.478 e. The number of rotatable bonds is 2. The number of hydrogen-bond acceptors (Lipinski definition) is 3. The second-order valence-electron chi connectivity index (χ2n) is 4.62. The van der Waals surface area contributed by atoms with Gasteiger partial charge in [-0.15, -0.1) is 11.3 Å². The third-order valence-corrected chi connectivity index (χ3v) is 4.25. The van der Waals surface area contributed by atoms with E-state index in [1.54, 1.807) is 18.4 Å². The fourth-order valence-corrected chi connectivity index (χ4v) is 3.10. The minimum atomic E-state index is -1.12. The third-order valence-electron chi connectivity index (χ3n) is 3.16. The van der Waals surface area contributed by atoms with Gasteiger partial charge < -0.3 is 5.11 Å². The van der Waals surface area contributed by atoms with E-state index in [9.17, 15) is 14.3 Å². The summed E-state index contributed by atoms with van der Waals surface area (Å²) in [6.45, 7) is 1.70. The molecule has 0 saturated carbocycles. The van der Waals surface area contributed by atoms with Gasteiger partial charge >= 0.3 is 5.97 Å². The van der Waals surface area contributed by atoms with E-state index in [1.165, 1.54) is 29.5 Å². The summed E-state index contributed by atoms with van der Waals surface area (Å²) in [4.78, 5) is 15.9. The molecule has 0 spiro atoms. The monoisotopic (exact) mass is 321 g/mol. The molecule has 2 aromatic heterocycles. The first kappa shape index (κ1) is 14.0. The first-order valence-corrected chi connectivity index (χ1v) is 7.30. The average Bonchev–Trinajstić information content (AvgIpc) is 2.84. The van der Waals surface area contributed by atoms with E-state index in [0.29, 0.717) is 26.5 Å². The van der Waals surface area contributed by atoms with Crippen molar-refractivity contribution in [2.45, 2.75) is 6.92 Å². The van der Waals surface area contributed by atoms with Crippen molar-refractivity contribution in [3.8, 4) is 11.3 Å². The number of nitrogens with zero attached hydrogens (tertiary/aromatic N) is 1. The zero-order valence-electron chi connectivity index (χ0n) is 10.9. The van der Waals surface area contributed by atoms with Crippen LogP contribution in [-0.4, -0.2) is 16.1 Å². The molecule has 0 aliphatic rings. The van der Waals surface area contributed by atoms with Gasteiger partial charge in [-0.1, -0.05) is 11.6 Å². The smallest absolute Gasteiger partial charge is 0.336 e. The van der Waals surface area contributed by atoms with E-state index in [1.807, 2.05) is 0 Å². The fourth-order valence-electron chi connectivity index (χ4n) is 2.23. The Bertz CT molecular complexity index is 875. The van der Waals surface area contributed by atoms with Gasteiger partial charge in [0.15, 0.2) is 0 Å². The summed E-state index contributed by atoms with van der Waals surface area (Å²) in [6.07, 6.45) is 0. The number of carboxylic acids is 1. The highest BCUT2D eigenvalue weighted by atomic mass is 35.5. The number of halogens is 2. The lowest BCUT2D eigenvalue weighted by molar-refractivity contribution is 0.0699. The summed E-state index contributed by atoms with van der Waals surface area (Å²) in [7, 11) is 0. The highest BCUT2D eigenvalue weighted by Crippen LogP contribution is 2.31. The lowest BCUT2D eigenvalue weighted by Crippen LogP contribution is -2.01. The Morgan fingerprint density at radius 2 is 2.10 bits per heavy atom. The van der Waals surface area contributed by atoms with E-state index in [0.717, 1.165) is 5.56 Å². The number of aromatic nitrogens is 1. The summed E-state index contributed by atoms with van der Waals surface area (Å²) < 4.78 is 14.1. The molecule has 3 rings (SSSR count). The van der Waals surface area contributed by atoms with Crippen molar-refractivity contribution in [3.05, 3.63) is 50.9 Å². The van der Waals surface area contributed by atoms with Crippen LogP contribution in [0.25, 0.3) is 22.2 Å². The molecule has 0 saturated heterocycles. The van der Waals surface area contributed by atoms with Gasteiger partial charge in [-0.05, 0) is 36.8 Å². The van der Waals surface area contributed by atoms with Crippen molar-refractivity contribution >= 4 is 39.8 Å². The number of thiophene rings is 1. The Labute approximate surface area is 128 Å². The van der Waals surface area contributed by atoms with Gasteiger partial charge in [-0.25, -0.2) is 14.2 Å². The van der Waals surface area contributed by atoms with E-state index in [-0.39, 0.29) is 5.56 Å². The van der Waals surface area contributed by atoms with E-state index >= 15 is 0 Å². The van der Waals surface area contributed by atoms with Crippen molar-refractivity contribution in [1.29, 1.82) is 0 Å². The van der Waals surface area contributed by atoms with E-state index < -0.39 is 11.8 Å². The third kappa shape index (κ3) is 2.50. The zero-order valence-corrected chi connectivity index (χ0v) is 12.4. The molecule has 0 unspecified atom stereocenters. The van der Waals surface area contributed by atoms with Crippen molar-refractivity contribution in [2.75, 3.05) is 0 Å². The number of hydrogen-bond donors (Lipinski definition) is 1. The Balaban J connectivity index is 2.37. The van der Waals surface area contributed by atoms with Crippen LogP contribution in [0, 0.1) is 12.7 Å². The Kier molecular flexibility index (Phi) is 3.39. The number of fused-ring (bicyclic) bond motifs is 1. The summed E-state index contributed by atoms with van der Waals surface area (Å²) in [5.41, 5.74) is 2.36. The second-order valence-corrected chi connectivity index (χ2v) is 6.16. The van der Waals surface area contributed by atoms with Gasteiger partial charge in [0.25, 0.3) is 0 Å². The molecule has 0 radical (unpaired) electrons. The maximum absolute atomic E-state index is 13.5. The summed E-state index contributed by atoms with van der Waals surface area (Å²) in [5.74, 6) is -1.59. The van der Waals surface area contributed by atoms with Crippen LogP contribution in [0.1, 0.15) is 15.9 Å². The number of pyridine rings is 1. The van der Waals surface area contributed by atoms with Crippen molar-refractivity contribution in [1.82, 2.24) is 4.98 Å². The zero-order chi connectivity index (χ0) is 15.1. The maximum atomic E-state index is 13.5. The average molecular weight is 322 g/mol.